The van der Waals surface area contributed by atoms with E-state index in [-0.39, 0.29) is 46.6 Å². The molecule has 0 aliphatic rings. The maximum Gasteiger partial charge on any atom is 1.00 e. The Bertz CT molecular complexity index is 1020. The number of fused-ring (bicyclic) bond motifs is 1. The second-order valence-corrected chi connectivity index (χ2v) is 6.66. The zero-order valence-corrected chi connectivity index (χ0v) is 17.8. The van der Waals surface area contributed by atoms with E-state index < -0.39 is 17.4 Å². The molecule has 0 fully saturated rings. The monoisotopic (exact) mass is 386 g/mol. The smallest absolute Gasteiger partial charge is 0.851 e. The number of aromatic nitrogens is 3. The molecule has 0 aliphatic heterocycles. The Hall–Kier alpha value is -1.45. The van der Waals surface area contributed by atoms with Gasteiger partial charge in [0.25, 0.3) is 0 Å². The molecule has 0 saturated carbocycles. The number of imidazole rings is 1. The Labute approximate surface area is 178 Å². The van der Waals surface area contributed by atoms with E-state index in [1.807, 2.05) is 0 Å². The van der Waals surface area contributed by atoms with Crippen LogP contribution in [0.5, 0.6) is 11.5 Å². The summed E-state index contributed by atoms with van der Waals surface area (Å²) in [4.78, 5) is 11.5. The Morgan fingerprint density at radius 2 is 2.12 bits per heavy atom. The quantitative estimate of drug-likeness (QED) is 0.407. The van der Waals surface area contributed by atoms with Gasteiger partial charge >= 0.3 is 29.6 Å². The van der Waals surface area contributed by atoms with E-state index in [9.17, 15) is 9.32 Å². The molecular weight excluding hydrogens is 366 g/mol. The van der Waals surface area contributed by atoms with Crippen LogP contribution in [0.1, 0.15) is 19.6 Å². The SMILES string of the molecule is [2H][13C]([2H])([O-])c1cnc(CS(=O)c2nc3ccc(OC)cc3[nH]2)c(C)c1OC.[Na+]. The van der Waals surface area contributed by atoms with Crippen molar-refractivity contribution in [3.8, 4) is 11.5 Å². The van der Waals surface area contributed by atoms with Crippen molar-refractivity contribution in [2.75, 3.05) is 14.2 Å². The van der Waals surface area contributed by atoms with Crippen LogP contribution in [-0.2, 0) is 23.1 Å². The van der Waals surface area contributed by atoms with E-state index in [0.717, 1.165) is 6.20 Å². The number of pyridine rings is 1. The molecule has 2 heterocycles. The van der Waals surface area contributed by atoms with E-state index >= 15 is 0 Å². The predicted octanol–water partition coefficient (Wildman–Crippen LogP) is -1.54. The van der Waals surface area contributed by atoms with Crippen molar-refractivity contribution in [3.63, 3.8) is 0 Å². The first kappa shape index (κ1) is 17.9. The van der Waals surface area contributed by atoms with E-state index in [1.54, 1.807) is 32.2 Å². The van der Waals surface area contributed by atoms with Gasteiger partial charge in [0, 0.05) is 20.6 Å². The number of nitrogens with one attached hydrogen (secondary N) is 1. The van der Waals surface area contributed by atoms with Crippen LogP contribution in [0.25, 0.3) is 11.0 Å². The van der Waals surface area contributed by atoms with E-state index in [2.05, 4.69) is 15.0 Å². The number of methoxy groups -OCH3 is 2. The molecule has 0 amide bonds. The number of hydrogen-bond acceptors (Lipinski definition) is 6. The Morgan fingerprint density at radius 3 is 2.77 bits per heavy atom. The number of H-pyrrole nitrogens is 1. The number of benzene rings is 1. The molecule has 7 nitrogen and oxygen atoms in total. The largest absolute Gasteiger partial charge is 1.00 e. The first-order valence-corrected chi connectivity index (χ1v) is 8.72. The molecule has 0 aliphatic carbocycles. The van der Waals surface area contributed by atoms with E-state index in [1.165, 1.54) is 7.11 Å². The summed E-state index contributed by atoms with van der Waals surface area (Å²) in [6, 6.07) is 5.30. The second-order valence-electron chi connectivity index (χ2n) is 5.29. The van der Waals surface area contributed by atoms with Crippen LogP contribution in [0.3, 0.4) is 0 Å². The molecule has 132 valence electrons. The first-order valence-electron chi connectivity index (χ1n) is 8.40. The summed E-state index contributed by atoms with van der Waals surface area (Å²) >= 11 is 0. The number of ether oxygens (including phenoxy) is 2. The molecular formula is C17H18N3NaO4S. The van der Waals surface area contributed by atoms with Crippen molar-refractivity contribution < 1.29 is 51.1 Å². The van der Waals surface area contributed by atoms with Crippen molar-refractivity contribution in [2.45, 2.75) is 24.4 Å². The maximum atomic E-state index is 12.7. The fourth-order valence-corrected chi connectivity index (χ4v) is 3.60. The van der Waals surface area contributed by atoms with Gasteiger partial charge in [0.1, 0.15) is 11.5 Å². The molecule has 0 radical (unpaired) electrons. The molecule has 1 unspecified atom stereocenters. The van der Waals surface area contributed by atoms with Crippen molar-refractivity contribution >= 4 is 21.8 Å². The van der Waals surface area contributed by atoms with Crippen LogP contribution in [-0.4, -0.2) is 33.4 Å². The van der Waals surface area contributed by atoms with Crippen LogP contribution >= 0.6 is 0 Å². The molecule has 1 aromatic carbocycles. The Morgan fingerprint density at radius 1 is 1.35 bits per heavy atom. The van der Waals surface area contributed by atoms with Gasteiger partial charge in [-0.25, -0.2) is 4.98 Å². The first-order chi connectivity index (χ1) is 12.7. The molecule has 26 heavy (non-hydrogen) atoms. The topological polar surface area (TPSA) is 100 Å². The van der Waals surface area contributed by atoms with Gasteiger partial charge in [-0.2, -0.15) is 0 Å². The second kappa shape index (κ2) is 8.96. The van der Waals surface area contributed by atoms with Gasteiger partial charge in [-0.1, -0.05) is 0 Å². The Kier molecular flexibility index (Phi) is 6.18. The summed E-state index contributed by atoms with van der Waals surface area (Å²) in [7, 11) is 1.39. The van der Waals surface area contributed by atoms with Gasteiger partial charge in [0.15, 0.2) is 5.16 Å². The van der Waals surface area contributed by atoms with Crippen LogP contribution in [0.15, 0.2) is 29.6 Å². The maximum absolute atomic E-state index is 12.7. The average Bonchev–Trinajstić information content (AvgIpc) is 3.05. The number of nitrogens with zero attached hydrogens (tertiary/aromatic N) is 2. The standard InChI is InChI=1S/C17H18N3O4S.Na/c1-10-15(18-7-11(8-21)16(10)24-3)9-25(22)17-19-13-5-4-12(23-2)6-14(13)20-17;/h4-7H,8-9H2,1-3H3,(H,19,20);/q-1;+1/i8+1D2;. The molecule has 3 rings (SSSR count). The Balaban J connectivity index is 0.00000280. The molecule has 0 spiro atoms. The fourth-order valence-electron chi connectivity index (χ4n) is 2.50. The van der Waals surface area contributed by atoms with Crippen molar-refractivity contribution in [1.82, 2.24) is 15.0 Å². The van der Waals surface area contributed by atoms with Gasteiger partial charge in [0.05, 0.1) is 47.5 Å². The minimum atomic E-state index is -2.83. The van der Waals surface area contributed by atoms with Crippen molar-refractivity contribution in [1.29, 1.82) is 0 Å². The molecule has 0 saturated heterocycles. The number of hydrogen-bond donors (Lipinski definition) is 1. The van der Waals surface area contributed by atoms with Crippen molar-refractivity contribution in [2.24, 2.45) is 0 Å². The van der Waals surface area contributed by atoms with Crippen LogP contribution in [0.2, 0.25) is 0 Å². The number of aromatic amines is 1. The third kappa shape index (κ3) is 4.10. The molecule has 1 atom stereocenters. The zero-order valence-electron chi connectivity index (χ0n) is 17.0. The third-order valence-electron chi connectivity index (χ3n) is 3.83. The minimum absolute atomic E-state index is 0. The van der Waals surface area contributed by atoms with Crippen LogP contribution < -0.4 is 44.1 Å². The van der Waals surface area contributed by atoms with E-state index in [0.29, 0.717) is 33.2 Å². The average molecular weight is 386 g/mol. The van der Waals surface area contributed by atoms with Crippen LogP contribution in [0.4, 0.5) is 0 Å². The summed E-state index contributed by atoms with van der Waals surface area (Å²) in [5, 5.41) is 12.0. The molecule has 9 heteroatoms. The summed E-state index contributed by atoms with van der Waals surface area (Å²) in [6.07, 6.45) is 1.13. The van der Waals surface area contributed by atoms with E-state index in [4.69, 9.17) is 12.2 Å². The van der Waals surface area contributed by atoms with Gasteiger partial charge < -0.3 is 19.6 Å². The zero-order chi connectivity index (χ0) is 19.8. The summed E-state index contributed by atoms with van der Waals surface area (Å²) in [5.41, 5.74) is 2.09. The summed E-state index contributed by atoms with van der Waals surface area (Å²) in [6.45, 7) is -1.18. The van der Waals surface area contributed by atoms with Gasteiger partial charge in [0.2, 0.25) is 0 Å². The normalized spacial score (nSPS) is 13.5. The van der Waals surface area contributed by atoms with Gasteiger partial charge in [-0.05, 0) is 24.6 Å². The third-order valence-corrected chi connectivity index (χ3v) is 4.99. The van der Waals surface area contributed by atoms with Gasteiger partial charge in [-0.15, -0.1) is 6.56 Å². The molecule has 0 bridgehead atoms. The summed E-state index contributed by atoms with van der Waals surface area (Å²) < 4.78 is 37.8. The van der Waals surface area contributed by atoms with Crippen LogP contribution in [0, 0.1) is 6.92 Å². The minimum Gasteiger partial charge on any atom is -0.851 e. The molecule has 3 aromatic rings. The predicted molar refractivity (Wildman–Crippen MR) is 92.0 cm³/mol. The molecule has 1 N–H and O–H groups in total. The number of rotatable bonds is 6. The fraction of sp³-hybridized carbons (Fsp3) is 0.294. The van der Waals surface area contributed by atoms with Crippen molar-refractivity contribution in [3.05, 3.63) is 41.2 Å². The molecule has 2 aromatic heterocycles. The van der Waals surface area contributed by atoms with Gasteiger partial charge in [-0.3, -0.25) is 9.19 Å². The summed E-state index contributed by atoms with van der Waals surface area (Å²) in [5.74, 6) is 0.820.